The van der Waals surface area contributed by atoms with Crippen LogP contribution in [0.1, 0.15) is 49.2 Å². The van der Waals surface area contributed by atoms with Crippen molar-refractivity contribution in [1.29, 1.82) is 0 Å². The number of amides is 1. The maximum absolute atomic E-state index is 13.1. The van der Waals surface area contributed by atoms with Crippen LogP contribution in [0.15, 0.2) is 41.0 Å². The molecule has 1 N–H and O–H groups in total. The second-order valence-corrected chi connectivity index (χ2v) is 11.3. The van der Waals surface area contributed by atoms with E-state index in [2.05, 4.69) is 4.72 Å². The van der Waals surface area contributed by atoms with E-state index in [1.807, 2.05) is 19.9 Å². The minimum Gasteiger partial charge on any atom is -0.459 e. The second kappa shape index (κ2) is 6.69. The highest BCUT2D eigenvalue weighted by Crippen LogP contribution is 2.64. The molecule has 2 fully saturated rings. The summed E-state index contributed by atoms with van der Waals surface area (Å²) in [6.45, 7) is 4.56. The molecule has 2 heterocycles. The van der Waals surface area contributed by atoms with Gasteiger partial charge >= 0.3 is 0 Å². The molecule has 0 saturated heterocycles. The molecule has 1 amide bonds. The van der Waals surface area contributed by atoms with Crippen LogP contribution in [0.3, 0.4) is 0 Å². The minimum atomic E-state index is -3.76. The molecule has 1 aromatic heterocycles. The van der Waals surface area contributed by atoms with Gasteiger partial charge in [-0.05, 0) is 60.4 Å². The van der Waals surface area contributed by atoms with Crippen molar-refractivity contribution in [2.24, 2.45) is 16.7 Å². The Labute approximate surface area is 181 Å². The number of rotatable bonds is 5. The van der Waals surface area contributed by atoms with Gasteiger partial charge in [0.25, 0.3) is 5.91 Å². The summed E-state index contributed by atoms with van der Waals surface area (Å²) in [5, 5.41) is 0. The van der Waals surface area contributed by atoms with Crippen molar-refractivity contribution in [2.75, 3.05) is 21.9 Å². The molecule has 0 unspecified atom stereocenters. The van der Waals surface area contributed by atoms with Gasteiger partial charge in [0.2, 0.25) is 10.0 Å². The smallest absolute Gasteiger partial charge is 0.293 e. The lowest BCUT2D eigenvalue weighted by atomic mass is 9.70. The van der Waals surface area contributed by atoms with Crippen LogP contribution >= 0.6 is 0 Å². The molecule has 2 atom stereocenters. The summed E-state index contributed by atoms with van der Waals surface area (Å²) < 4.78 is 34.1. The topological polar surface area (TPSA) is 96.7 Å². The highest BCUT2D eigenvalue weighted by Gasteiger charge is 2.65. The van der Waals surface area contributed by atoms with E-state index in [0.717, 1.165) is 12.0 Å². The van der Waals surface area contributed by atoms with Gasteiger partial charge in [0, 0.05) is 18.7 Å². The van der Waals surface area contributed by atoms with E-state index in [9.17, 15) is 18.0 Å². The van der Waals surface area contributed by atoms with Gasteiger partial charge in [-0.2, -0.15) is 0 Å². The summed E-state index contributed by atoms with van der Waals surface area (Å²) in [6.07, 6.45) is 4.15. The summed E-state index contributed by atoms with van der Waals surface area (Å²) in [7, 11) is -3.76. The fraction of sp³-hybridized carbons (Fsp3) is 0.478. The van der Waals surface area contributed by atoms with Crippen LogP contribution in [0.25, 0.3) is 0 Å². The van der Waals surface area contributed by atoms with Crippen molar-refractivity contribution in [3.8, 4) is 0 Å². The van der Waals surface area contributed by atoms with Gasteiger partial charge in [-0.3, -0.25) is 14.3 Å². The third-order valence-electron chi connectivity index (χ3n) is 7.81. The minimum absolute atomic E-state index is 0.0725. The van der Waals surface area contributed by atoms with Crippen LogP contribution in [-0.2, 0) is 21.2 Å². The molecule has 5 rings (SSSR count). The summed E-state index contributed by atoms with van der Waals surface area (Å²) >= 11 is 0. The number of nitrogens with zero attached hydrogens (tertiary/aromatic N) is 1. The van der Waals surface area contributed by atoms with Crippen molar-refractivity contribution >= 4 is 33.1 Å². The number of carbonyl (C=O) groups excluding carboxylic acids is 2. The zero-order valence-corrected chi connectivity index (χ0v) is 18.5. The fourth-order valence-corrected chi connectivity index (χ4v) is 7.72. The number of sulfonamides is 1. The molecule has 2 aliphatic carbocycles. The third-order valence-corrected chi connectivity index (χ3v) is 9.23. The Morgan fingerprint density at radius 3 is 2.74 bits per heavy atom. The molecule has 2 saturated carbocycles. The number of fused-ring (bicyclic) bond motifs is 3. The lowest BCUT2D eigenvalue weighted by molar-refractivity contribution is -0.128. The van der Waals surface area contributed by atoms with Crippen LogP contribution in [0.4, 0.5) is 11.4 Å². The van der Waals surface area contributed by atoms with Crippen molar-refractivity contribution in [3.05, 3.63) is 47.9 Å². The van der Waals surface area contributed by atoms with E-state index < -0.39 is 15.4 Å². The van der Waals surface area contributed by atoms with Gasteiger partial charge in [-0.25, -0.2) is 8.42 Å². The molecule has 0 spiro atoms. The Bertz CT molecular complexity index is 1170. The number of nitrogens with one attached hydrogen (secondary N) is 1. The lowest BCUT2D eigenvalue weighted by Crippen LogP contribution is -2.43. The average molecular weight is 443 g/mol. The van der Waals surface area contributed by atoms with Crippen molar-refractivity contribution in [2.45, 2.75) is 39.5 Å². The number of hydrogen-bond donors (Lipinski definition) is 1. The van der Waals surface area contributed by atoms with E-state index in [4.69, 9.17) is 4.42 Å². The van der Waals surface area contributed by atoms with E-state index in [1.54, 1.807) is 29.2 Å². The van der Waals surface area contributed by atoms with Crippen molar-refractivity contribution in [1.82, 2.24) is 0 Å². The molecule has 8 heteroatoms. The number of anilines is 2. The second-order valence-electron chi connectivity index (χ2n) is 9.56. The van der Waals surface area contributed by atoms with Crippen LogP contribution < -0.4 is 9.62 Å². The number of benzene rings is 1. The van der Waals surface area contributed by atoms with Crippen LogP contribution in [0.2, 0.25) is 0 Å². The zero-order valence-electron chi connectivity index (χ0n) is 17.7. The molecule has 1 aromatic carbocycles. The predicted octanol–water partition coefficient (Wildman–Crippen LogP) is 3.62. The number of Topliss-reactive ketones (excluding diaryl/α,β-unsaturated/α-hetero) is 1. The molecule has 164 valence electrons. The molecule has 2 bridgehead atoms. The molecule has 1 aliphatic heterocycles. The standard InChI is InChI=1S/C23H26N2O5S/c1-22(2)16-7-9-23(22,20(26)12-16)14-31(28,29)24-17-6-5-15-8-10-25(18(15)13-17)21(27)19-4-3-11-30-19/h3-6,11,13,16,24H,7-10,12,14H2,1-2H3/t16-,23+/m0/s1. The largest absolute Gasteiger partial charge is 0.459 e. The zero-order chi connectivity index (χ0) is 22.0. The van der Waals surface area contributed by atoms with E-state index in [0.29, 0.717) is 37.2 Å². The van der Waals surface area contributed by atoms with Gasteiger partial charge in [-0.15, -0.1) is 0 Å². The summed E-state index contributed by atoms with van der Waals surface area (Å²) in [5.74, 6) is 0.127. The Kier molecular flexibility index (Phi) is 4.38. The quantitative estimate of drug-likeness (QED) is 0.763. The van der Waals surface area contributed by atoms with Crippen molar-refractivity contribution < 1.29 is 22.4 Å². The van der Waals surface area contributed by atoms with Gasteiger partial charge < -0.3 is 9.32 Å². The normalized spacial score (nSPS) is 26.3. The maximum atomic E-state index is 13.1. The lowest BCUT2D eigenvalue weighted by Gasteiger charge is -2.36. The molecule has 3 aliphatic rings. The number of furan rings is 1. The van der Waals surface area contributed by atoms with E-state index >= 15 is 0 Å². The Morgan fingerprint density at radius 2 is 2.10 bits per heavy atom. The van der Waals surface area contributed by atoms with Gasteiger partial charge in [0.05, 0.1) is 23.1 Å². The van der Waals surface area contributed by atoms with Crippen molar-refractivity contribution in [3.63, 3.8) is 0 Å². The van der Waals surface area contributed by atoms with Gasteiger partial charge in [-0.1, -0.05) is 19.9 Å². The third kappa shape index (κ3) is 3.03. The first-order valence-corrected chi connectivity index (χ1v) is 12.3. The molecule has 31 heavy (non-hydrogen) atoms. The monoisotopic (exact) mass is 442 g/mol. The summed E-state index contributed by atoms with van der Waals surface area (Å²) in [4.78, 5) is 27.1. The Morgan fingerprint density at radius 1 is 1.29 bits per heavy atom. The average Bonchev–Trinajstić information content (AvgIpc) is 3.44. The first kappa shape index (κ1) is 20.3. The number of hydrogen-bond acceptors (Lipinski definition) is 5. The summed E-state index contributed by atoms with van der Waals surface area (Å²) in [5.41, 5.74) is 0.919. The molecule has 2 aromatic rings. The fourth-order valence-electron chi connectivity index (χ4n) is 5.84. The first-order chi connectivity index (χ1) is 14.6. The molecule has 7 nitrogen and oxygen atoms in total. The SMILES string of the molecule is CC1(C)[C@H]2CC[C@@]1(CS(=O)(=O)Nc1ccc3c(c1)N(C(=O)c1ccco1)CC3)C(=O)C2. The van der Waals surface area contributed by atoms with Crippen LogP contribution in [0, 0.1) is 16.7 Å². The molecular formula is C23H26N2O5S. The van der Waals surface area contributed by atoms with E-state index in [1.165, 1.54) is 6.26 Å². The molecule has 0 radical (unpaired) electrons. The van der Waals surface area contributed by atoms with E-state index in [-0.39, 0.29) is 34.5 Å². The Balaban J connectivity index is 1.39. The van der Waals surface area contributed by atoms with Gasteiger partial charge in [0.1, 0.15) is 5.78 Å². The Hall–Kier alpha value is -2.61. The number of ketones is 1. The highest BCUT2D eigenvalue weighted by atomic mass is 32.2. The summed E-state index contributed by atoms with van der Waals surface area (Å²) in [6, 6.07) is 8.53. The van der Waals surface area contributed by atoms with Crippen LogP contribution in [-0.4, -0.2) is 32.4 Å². The highest BCUT2D eigenvalue weighted by molar-refractivity contribution is 7.92. The van der Waals surface area contributed by atoms with Gasteiger partial charge in [0.15, 0.2) is 5.76 Å². The first-order valence-electron chi connectivity index (χ1n) is 10.7. The predicted molar refractivity (Wildman–Crippen MR) is 117 cm³/mol. The number of carbonyl (C=O) groups is 2. The maximum Gasteiger partial charge on any atom is 0.293 e. The molecular weight excluding hydrogens is 416 g/mol. The van der Waals surface area contributed by atoms with Crippen LogP contribution in [0.5, 0.6) is 0 Å².